The summed E-state index contributed by atoms with van der Waals surface area (Å²) in [5, 5.41) is 2.57. The Balaban J connectivity index is 1.52. The first-order chi connectivity index (χ1) is 15.8. The number of halogens is 1. The summed E-state index contributed by atoms with van der Waals surface area (Å²) in [6.45, 7) is 1.20. The largest absolute Gasteiger partial charge is 0.318 e. The van der Waals surface area contributed by atoms with E-state index < -0.39 is 29.2 Å². The summed E-state index contributed by atoms with van der Waals surface area (Å²) in [5.74, 6) is -1.21. The lowest BCUT2D eigenvalue weighted by atomic mass is 10.2. The molecule has 168 valence electrons. The van der Waals surface area contributed by atoms with Crippen molar-refractivity contribution in [2.24, 2.45) is 7.05 Å². The van der Waals surface area contributed by atoms with Crippen molar-refractivity contribution in [3.8, 4) is 5.69 Å². The number of amides is 3. The Morgan fingerprint density at radius 3 is 2.39 bits per heavy atom. The van der Waals surface area contributed by atoms with Crippen LogP contribution in [0.5, 0.6) is 0 Å². The molecular formula is C23H19ClN4O4S. The Hall–Kier alpha value is -3.56. The Morgan fingerprint density at radius 2 is 1.73 bits per heavy atom. The standard InChI is InChI=1S/C23H19ClN4O4S/c1-14-20(22(31)28(26(14)2)17-6-4-3-5-7-17)25-19(29)13-27-21(30)18(33-23(27)32)12-15-8-10-16(24)11-9-15/h3-12H,13H2,1-2H3,(H,25,29)/b18-12+. The normalized spacial score (nSPS) is 14.9. The molecule has 2 aromatic carbocycles. The zero-order valence-electron chi connectivity index (χ0n) is 17.7. The van der Waals surface area contributed by atoms with Crippen molar-refractivity contribution in [2.45, 2.75) is 6.92 Å². The predicted molar refractivity (Wildman–Crippen MR) is 129 cm³/mol. The van der Waals surface area contributed by atoms with Crippen LogP contribution in [-0.4, -0.2) is 37.9 Å². The second-order valence-electron chi connectivity index (χ2n) is 7.30. The first-order valence-corrected chi connectivity index (χ1v) is 11.1. The summed E-state index contributed by atoms with van der Waals surface area (Å²) in [4.78, 5) is 51.7. The zero-order chi connectivity index (χ0) is 23.7. The lowest BCUT2D eigenvalue weighted by Gasteiger charge is -2.11. The first-order valence-electron chi connectivity index (χ1n) is 9.91. The number of nitrogens with zero attached hydrogens (tertiary/aromatic N) is 3. The number of carbonyl (C=O) groups is 3. The van der Waals surface area contributed by atoms with E-state index >= 15 is 0 Å². The maximum atomic E-state index is 12.9. The molecule has 1 fully saturated rings. The van der Waals surface area contributed by atoms with Crippen LogP contribution in [0.1, 0.15) is 11.3 Å². The van der Waals surface area contributed by atoms with Gasteiger partial charge in [0, 0.05) is 12.1 Å². The van der Waals surface area contributed by atoms with E-state index in [1.165, 1.54) is 4.68 Å². The molecule has 33 heavy (non-hydrogen) atoms. The second kappa shape index (κ2) is 9.13. The van der Waals surface area contributed by atoms with E-state index in [0.717, 1.165) is 16.7 Å². The maximum Gasteiger partial charge on any atom is 0.295 e. The van der Waals surface area contributed by atoms with Gasteiger partial charge in [-0.2, -0.15) is 0 Å². The fourth-order valence-electron chi connectivity index (χ4n) is 3.38. The number of anilines is 1. The predicted octanol–water partition coefficient (Wildman–Crippen LogP) is 3.81. The monoisotopic (exact) mass is 482 g/mol. The Kier molecular flexibility index (Phi) is 6.26. The summed E-state index contributed by atoms with van der Waals surface area (Å²) in [6.07, 6.45) is 1.57. The molecule has 0 radical (unpaired) electrons. The molecule has 1 aromatic heterocycles. The fourth-order valence-corrected chi connectivity index (χ4v) is 4.35. The highest BCUT2D eigenvalue weighted by atomic mass is 35.5. The van der Waals surface area contributed by atoms with Crippen LogP contribution in [-0.2, 0) is 16.6 Å². The number of imide groups is 1. The third kappa shape index (κ3) is 4.50. The summed E-state index contributed by atoms with van der Waals surface area (Å²) in [7, 11) is 1.71. The topological polar surface area (TPSA) is 93.4 Å². The van der Waals surface area contributed by atoms with Gasteiger partial charge in [0.2, 0.25) is 5.91 Å². The van der Waals surface area contributed by atoms with Crippen LogP contribution in [0.4, 0.5) is 10.5 Å². The van der Waals surface area contributed by atoms with Gasteiger partial charge in [0.1, 0.15) is 12.2 Å². The SMILES string of the molecule is Cc1c(NC(=O)CN2C(=O)S/C(=C/c3ccc(Cl)cc3)C2=O)c(=O)n(-c2ccccc2)n1C. The van der Waals surface area contributed by atoms with E-state index in [1.54, 1.807) is 73.3 Å². The molecule has 0 atom stereocenters. The van der Waals surface area contributed by atoms with Gasteiger partial charge in [0.15, 0.2) is 0 Å². The molecule has 1 saturated heterocycles. The van der Waals surface area contributed by atoms with E-state index in [-0.39, 0.29) is 10.6 Å². The van der Waals surface area contributed by atoms with Crippen LogP contribution in [0.3, 0.4) is 0 Å². The molecule has 1 aliphatic rings. The van der Waals surface area contributed by atoms with Crippen LogP contribution in [0.15, 0.2) is 64.3 Å². The van der Waals surface area contributed by atoms with E-state index in [0.29, 0.717) is 22.0 Å². The lowest BCUT2D eigenvalue weighted by Crippen LogP contribution is -2.37. The van der Waals surface area contributed by atoms with Crippen molar-refractivity contribution in [2.75, 3.05) is 11.9 Å². The third-order valence-electron chi connectivity index (χ3n) is 5.16. The Bertz CT molecular complexity index is 1340. The van der Waals surface area contributed by atoms with E-state index in [1.807, 2.05) is 6.07 Å². The van der Waals surface area contributed by atoms with Gasteiger partial charge >= 0.3 is 0 Å². The number of rotatable bonds is 5. The minimum Gasteiger partial charge on any atom is -0.318 e. The van der Waals surface area contributed by atoms with Gasteiger partial charge < -0.3 is 5.32 Å². The van der Waals surface area contributed by atoms with Gasteiger partial charge in [-0.3, -0.25) is 28.8 Å². The average molecular weight is 483 g/mol. The number of nitrogens with one attached hydrogen (secondary N) is 1. The Labute approximate surface area is 198 Å². The molecule has 0 saturated carbocycles. The van der Waals surface area contributed by atoms with Crippen molar-refractivity contribution in [3.05, 3.63) is 86.1 Å². The van der Waals surface area contributed by atoms with Crippen LogP contribution in [0.2, 0.25) is 5.02 Å². The van der Waals surface area contributed by atoms with Gasteiger partial charge in [-0.25, -0.2) is 4.68 Å². The van der Waals surface area contributed by atoms with Gasteiger partial charge in [-0.15, -0.1) is 0 Å². The van der Waals surface area contributed by atoms with Gasteiger partial charge in [0.05, 0.1) is 16.3 Å². The third-order valence-corrected chi connectivity index (χ3v) is 6.32. The molecule has 0 spiro atoms. The van der Waals surface area contributed by atoms with Crippen LogP contribution >= 0.6 is 23.4 Å². The fraction of sp³-hybridized carbons (Fsp3) is 0.130. The number of aromatic nitrogens is 2. The van der Waals surface area contributed by atoms with Gasteiger partial charge in [0.25, 0.3) is 16.7 Å². The van der Waals surface area contributed by atoms with Crippen molar-refractivity contribution in [3.63, 3.8) is 0 Å². The molecule has 1 N–H and O–H groups in total. The van der Waals surface area contributed by atoms with Crippen molar-refractivity contribution in [1.82, 2.24) is 14.3 Å². The molecule has 4 rings (SSSR count). The minimum absolute atomic E-state index is 0.0926. The molecule has 0 unspecified atom stereocenters. The number of thioether (sulfide) groups is 1. The van der Waals surface area contributed by atoms with Crippen LogP contribution in [0.25, 0.3) is 11.8 Å². The lowest BCUT2D eigenvalue weighted by molar-refractivity contribution is -0.127. The molecule has 3 aromatic rings. The molecule has 8 nitrogen and oxygen atoms in total. The number of para-hydroxylation sites is 1. The highest BCUT2D eigenvalue weighted by Crippen LogP contribution is 2.32. The quantitative estimate of drug-likeness (QED) is 0.558. The summed E-state index contributed by atoms with van der Waals surface area (Å²) >= 11 is 6.63. The average Bonchev–Trinajstić information content (AvgIpc) is 3.17. The summed E-state index contributed by atoms with van der Waals surface area (Å²) in [5.41, 5.74) is 1.57. The molecule has 0 aliphatic carbocycles. The van der Waals surface area contributed by atoms with Crippen molar-refractivity contribution >= 4 is 52.2 Å². The second-order valence-corrected chi connectivity index (χ2v) is 8.73. The van der Waals surface area contributed by atoms with E-state index in [4.69, 9.17) is 11.6 Å². The van der Waals surface area contributed by atoms with E-state index in [9.17, 15) is 19.2 Å². The van der Waals surface area contributed by atoms with Crippen LogP contribution in [0, 0.1) is 6.92 Å². The van der Waals surface area contributed by atoms with Gasteiger partial charge in [-0.05, 0) is 54.6 Å². The van der Waals surface area contributed by atoms with Crippen molar-refractivity contribution < 1.29 is 14.4 Å². The summed E-state index contributed by atoms with van der Waals surface area (Å²) in [6, 6.07) is 15.8. The van der Waals surface area contributed by atoms with Gasteiger partial charge in [-0.1, -0.05) is 41.9 Å². The number of carbonyl (C=O) groups excluding carboxylic acids is 3. The highest BCUT2D eigenvalue weighted by Gasteiger charge is 2.36. The smallest absolute Gasteiger partial charge is 0.295 e. The maximum absolute atomic E-state index is 12.9. The molecule has 3 amide bonds. The molecular weight excluding hydrogens is 464 g/mol. The number of benzene rings is 2. The number of hydrogen-bond acceptors (Lipinski definition) is 5. The summed E-state index contributed by atoms with van der Waals surface area (Å²) < 4.78 is 3.06. The molecule has 10 heteroatoms. The minimum atomic E-state index is -0.643. The number of hydrogen-bond donors (Lipinski definition) is 1. The zero-order valence-corrected chi connectivity index (χ0v) is 19.3. The molecule has 1 aliphatic heterocycles. The molecule has 2 heterocycles. The van der Waals surface area contributed by atoms with Crippen LogP contribution < -0.4 is 10.9 Å². The highest BCUT2D eigenvalue weighted by molar-refractivity contribution is 8.18. The van der Waals surface area contributed by atoms with Crippen molar-refractivity contribution in [1.29, 1.82) is 0 Å². The van der Waals surface area contributed by atoms with E-state index in [2.05, 4.69) is 5.32 Å². The first kappa shape index (κ1) is 22.6. The molecule has 0 bridgehead atoms. The Morgan fingerprint density at radius 1 is 1.06 bits per heavy atom.